The van der Waals surface area contributed by atoms with Gasteiger partial charge in [0.2, 0.25) is 0 Å². The number of rotatable bonds is 3. The molecule has 142 valence electrons. The molecule has 11 heteroatoms. The molecule has 1 saturated heterocycles. The first-order valence-corrected chi connectivity index (χ1v) is 11.3. The van der Waals surface area contributed by atoms with Crippen molar-refractivity contribution in [3.05, 3.63) is 44.6 Å². The summed E-state index contributed by atoms with van der Waals surface area (Å²) in [6.45, 7) is 2.57. The van der Waals surface area contributed by atoms with E-state index in [1.54, 1.807) is 23.4 Å². The first kappa shape index (κ1) is 18.3. The highest BCUT2D eigenvalue weighted by Gasteiger charge is 2.32. The largest absolute Gasteiger partial charge is 0.336 e. The molecule has 0 bridgehead atoms. The molecular weight excluding hydrogens is 408 g/mol. The summed E-state index contributed by atoms with van der Waals surface area (Å²) < 4.78 is 27.8. The normalized spacial score (nSPS) is 16.1. The summed E-state index contributed by atoms with van der Waals surface area (Å²) in [6, 6.07) is 5.38. The van der Waals surface area contributed by atoms with Crippen LogP contribution in [-0.4, -0.2) is 59.7 Å². The molecule has 1 aliphatic rings. The molecule has 0 atom stereocenters. The van der Waals surface area contributed by atoms with Gasteiger partial charge in [-0.15, -0.1) is 11.3 Å². The lowest BCUT2D eigenvalue weighted by atomic mass is 10.2. The minimum absolute atomic E-state index is 0.0444. The van der Waals surface area contributed by atoms with Crippen molar-refractivity contribution in [1.29, 1.82) is 0 Å². The highest BCUT2D eigenvalue weighted by atomic mass is 32.2. The highest BCUT2D eigenvalue weighted by molar-refractivity contribution is 7.91. The average Bonchev–Trinajstić information content (AvgIpc) is 3.26. The summed E-state index contributed by atoms with van der Waals surface area (Å²) in [5.74, 6) is -0.121. The van der Waals surface area contributed by atoms with Gasteiger partial charge in [-0.1, -0.05) is 11.3 Å². The summed E-state index contributed by atoms with van der Waals surface area (Å²) in [4.78, 5) is 32.2. The number of aromatic amines is 1. The van der Waals surface area contributed by atoms with Gasteiger partial charge < -0.3 is 9.88 Å². The van der Waals surface area contributed by atoms with E-state index in [4.69, 9.17) is 0 Å². The van der Waals surface area contributed by atoms with Gasteiger partial charge in [0, 0.05) is 37.4 Å². The second-order valence-corrected chi connectivity index (χ2v) is 10.2. The zero-order valence-electron chi connectivity index (χ0n) is 14.3. The Hall–Kier alpha value is -2.08. The Morgan fingerprint density at radius 3 is 2.63 bits per heavy atom. The fraction of sp³-hybridized carbons (Fsp3) is 0.312. The van der Waals surface area contributed by atoms with E-state index in [-0.39, 0.29) is 23.2 Å². The third kappa shape index (κ3) is 3.31. The Morgan fingerprint density at radius 1 is 1.22 bits per heavy atom. The molecule has 0 spiro atoms. The Balaban J connectivity index is 1.49. The number of fused-ring (bicyclic) bond motifs is 1. The zero-order valence-corrected chi connectivity index (χ0v) is 16.8. The van der Waals surface area contributed by atoms with Crippen LogP contribution in [0.3, 0.4) is 0 Å². The highest BCUT2D eigenvalue weighted by Crippen LogP contribution is 2.24. The zero-order chi connectivity index (χ0) is 19.2. The number of nitrogens with one attached hydrogen (secondary N) is 1. The second kappa shape index (κ2) is 6.82. The van der Waals surface area contributed by atoms with Crippen LogP contribution in [0.15, 0.2) is 32.7 Å². The molecule has 8 nitrogen and oxygen atoms in total. The maximum Gasteiger partial charge on any atom is 0.305 e. The van der Waals surface area contributed by atoms with Gasteiger partial charge in [0.25, 0.3) is 15.9 Å². The van der Waals surface area contributed by atoms with Crippen LogP contribution < -0.4 is 4.87 Å². The number of hydrogen-bond donors (Lipinski definition) is 1. The van der Waals surface area contributed by atoms with Gasteiger partial charge in [0.1, 0.15) is 0 Å². The average molecular weight is 425 g/mol. The fourth-order valence-electron chi connectivity index (χ4n) is 3.06. The second-order valence-electron chi connectivity index (χ2n) is 6.16. The number of benzene rings is 1. The fourth-order valence-corrected chi connectivity index (χ4v) is 6.63. The maximum absolute atomic E-state index is 12.8. The quantitative estimate of drug-likeness (QED) is 0.686. The van der Waals surface area contributed by atoms with Gasteiger partial charge in [-0.05, 0) is 25.1 Å². The van der Waals surface area contributed by atoms with Crippen molar-refractivity contribution in [3.63, 3.8) is 0 Å². The van der Waals surface area contributed by atoms with E-state index in [0.717, 1.165) is 10.2 Å². The molecule has 0 unspecified atom stereocenters. The van der Waals surface area contributed by atoms with E-state index < -0.39 is 14.9 Å². The SMILES string of the molecule is Cc1[nH]c(=O)sc1S(=O)(=O)N1CCN(C(=O)c2ccc3ncsc3c2)CC1. The van der Waals surface area contributed by atoms with Gasteiger partial charge in [0.05, 0.1) is 15.7 Å². The number of H-pyrrole nitrogens is 1. The first-order chi connectivity index (χ1) is 12.9. The van der Waals surface area contributed by atoms with Crippen LogP contribution >= 0.6 is 22.7 Å². The van der Waals surface area contributed by atoms with E-state index in [1.807, 2.05) is 12.1 Å². The third-order valence-corrected chi connectivity index (χ3v) is 8.73. The molecule has 1 fully saturated rings. The van der Waals surface area contributed by atoms with E-state index in [9.17, 15) is 18.0 Å². The molecule has 3 heterocycles. The van der Waals surface area contributed by atoms with Crippen LogP contribution in [0.4, 0.5) is 0 Å². The molecule has 0 aliphatic carbocycles. The van der Waals surface area contributed by atoms with Gasteiger partial charge in [-0.2, -0.15) is 4.31 Å². The number of aromatic nitrogens is 2. The number of amides is 1. The van der Waals surface area contributed by atoms with Crippen molar-refractivity contribution in [2.45, 2.75) is 11.1 Å². The topological polar surface area (TPSA) is 103 Å². The first-order valence-electron chi connectivity index (χ1n) is 8.18. The molecular formula is C16H16N4O4S3. The van der Waals surface area contributed by atoms with Crippen LogP contribution in [0.5, 0.6) is 0 Å². The van der Waals surface area contributed by atoms with E-state index in [0.29, 0.717) is 35.7 Å². The minimum atomic E-state index is -3.73. The molecule has 4 rings (SSSR count). The van der Waals surface area contributed by atoms with Crippen molar-refractivity contribution in [2.24, 2.45) is 0 Å². The van der Waals surface area contributed by atoms with Gasteiger partial charge in [0.15, 0.2) is 4.21 Å². The van der Waals surface area contributed by atoms with Crippen molar-refractivity contribution in [1.82, 2.24) is 19.2 Å². The van der Waals surface area contributed by atoms with Crippen LogP contribution in [0.1, 0.15) is 16.1 Å². The number of piperazine rings is 1. The molecule has 1 N–H and O–H groups in total. The summed E-state index contributed by atoms with van der Waals surface area (Å²) >= 11 is 2.17. The standard InChI is InChI=1S/C16H16N4O4S3/c1-10-15(26-16(22)18-10)27(23,24)20-6-4-19(5-7-20)14(21)11-2-3-12-13(8-11)25-9-17-12/h2-3,8-9H,4-7H2,1H3,(H,18,22). The third-order valence-electron chi connectivity index (χ3n) is 4.46. The number of thiazole rings is 2. The Labute approximate surface area is 163 Å². The number of sulfonamides is 1. The lowest BCUT2D eigenvalue weighted by Gasteiger charge is -2.33. The predicted molar refractivity (Wildman–Crippen MR) is 104 cm³/mol. The number of nitrogens with zero attached hydrogens (tertiary/aromatic N) is 3. The number of carbonyl (C=O) groups excluding carboxylic acids is 1. The minimum Gasteiger partial charge on any atom is -0.336 e. The van der Waals surface area contributed by atoms with Gasteiger partial charge in [-0.3, -0.25) is 9.59 Å². The lowest BCUT2D eigenvalue weighted by molar-refractivity contribution is 0.0698. The van der Waals surface area contributed by atoms with Crippen molar-refractivity contribution in [2.75, 3.05) is 26.2 Å². The molecule has 27 heavy (non-hydrogen) atoms. The summed E-state index contributed by atoms with van der Waals surface area (Å²) in [5, 5.41) is 0. The molecule has 1 aliphatic heterocycles. The Kier molecular flexibility index (Phi) is 4.62. The van der Waals surface area contributed by atoms with Crippen LogP contribution in [-0.2, 0) is 10.0 Å². The predicted octanol–water partition coefficient (Wildman–Crippen LogP) is 1.50. The Bertz CT molecular complexity index is 1170. The smallest absolute Gasteiger partial charge is 0.305 e. The van der Waals surface area contributed by atoms with E-state index >= 15 is 0 Å². The van der Waals surface area contributed by atoms with Crippen LogP contribution in [0.2, 0.25) is 0 Å². The lowest BCUT2D eigenvalue weighted by Crippen LogP contribution is -2.50. The van der Waals surface area contributed by atoms with E-state index in [2.05, 4.69) is 9.97 Å². The molecule has 3 aromatic rings. The summed E-state index contributed by atoms with van der Waals surface area (Å²) in [5.41, 5.74) is 3.51. The molecule has 1 aromatic carbocycles. The van der Waals surface area contributed by atoms with Crippen molar-refractivity contribution >= 4 is 48.8 Å². The summed E-state index contributed by atoms with van der Waals surface area (Å²) in [7, 11) is -3.73. The summed E-state index contributed by atoms with van der Waals surface area (Å²) in [6.07, 6.45) is 0. The molecule has 0 saturated carbocycles. The number of aryl methyl sites for hydroxylation is 1. The maximum atomic E-state index is 12.8. The van der Waals surface area contributed by atoms with E-state index in [1.165, 1.54) is 15.6 Å². The van der Waals surface area contributed by atoms with Gasteiger partial charge >= 0.3 is 4.87 Å². The van der Waals surface area contributed by atoms with Gasteiger partial charge in [-0.25, -0.2) is 13.4 Å². The Morgan fingerprint density at radius 2 is 1.96 bits per heavy atom. The van der Waals surface area contributed by atoms with Crippen LogP contribution in [0.25, 0.3) is 10.2 Å². The number of carbonyl (C=O) groups is 1. The monoisotopic (exact) mass is 424 g/mol. The molecule has 0 radical (unpaired) electrons. The molecule has 1 amide bonds. The van der Waals surface area contributed by atoms with Crippen molar-refractivity contribution < 1.29 is 13.2 Å². The van der Waals surface area contributed by atoms with Crippen molar-refractivity contribution in [3.8, 4) is 0 Å². The molecule has 2 aromatic heterocycles. The van der Waals surface area contributed by atoms with Crippen LogP contribution in [0, 0.1) is 6.92 Å². The number of hydrogen-bond acceptors (Lipinski definition) is 7.